The molecule has 2 heterocycles. The smallest absolute Gasteiger partial charge is 0.340 e. The Hall–Kier alpha value is -3.47. The predicted molar refractivity (Wildman–Crippen MR) is 140 cm³/mol. The van der Waals surface area contributed by atoms with E-state index in [0.717, 1.165) is 53.9 Å². The van der Waals surface area contributed by atoms with Crippen molar-refractivity contribution in [3.05, 3.63) is 82.9 Å². The Bertz CT molecular complexity index is 1260. The highest BCUT2D eigenvalue weighted by Gasteiger charge is 2.53. The van der Waals surface area contributed by atoms with Crippen LogP contribution in [-0.2, 0) is 10.3 Å². The van der Waals surface area contributed by atoms with Crippen LogP contribution in [0.3, 0.4) is 0 Å². The van der Waals surface area contributed by atoms with E-state index in [1.165, 1.54) is 38.5 Å². The summed E-state index contributed by atoms with van der Waals surface area (Å²) in [6, 6.07) is 19.5. The lowest BCUT2D eigenvalue weighted by molar-refractivity contribution is 0.0223. The maximum atomic E-state index is 13.1. The van der Waals surface area contributed by atoms with Crippen LogP contribution in [0.15, 0.2) is 60.7 Å². The maximum Gasteiger partial charge on any atom is 0.340 e. The van der Waals surface area contributed by atoms with Gasteiger partial charge in [0.1, 0.15) is 23.0 Å². The van der Waals surface area contributed by atoms with Crippen molar-refractivity contribution in [2.24, 2.45) is 0 Å². The number of ether oxygens (including phenoxy) is 4. The molecule has 0 saturated heterocycles. The lowest BCUT2D eigenvalue weighted by atomic mass is 9.77. The molecule has 1 spiro atoms. The SMILES string of the molecule is O=C1OC2(c3ccc(OC4CCCCC4)cc3Oc3cc(OC4CCCCC4)ccc32)c2ccccc21. The number of fused-ring (bicyclic) bond motifs is 6. The molecule has 5 nitrogen and oxygen atoms in total. The van der Waals surface area contributed by atoms with E-state index in [2.05, 4.69) is 0 Å². The minimum absolute atomic E-state index is 0.233. The summed E-state index contributed by atoms with van der Waals surface area (Å²) < 4.78 is 25.5. The Balaban J connectivity index is 1.31. The normalized spacial score (nSPS) is 20.4. The van der Waals surface area contributed by atoms with Crippen LogP contribution in [0.1, 0.15) is 91.3 Å². The van der Waals surface area contributed by atoms with E-state index in [4.69, 9.17) is 18.9 Å². The predicted octanol–water partition coefficient (Wildman–Crippen LogP) is 7.68. The minimum atomic E-state index is -1.07. The molecule has 3 aromatic carbocycles. The van der Waals surface area contributed by atoms with Crippen LogP contribution >= 0.6 is 0 Å². The van der Waals surface area contributed by atoms with Crippen LogP contribution in [0, 0.1) is 0 Å². The highest BCUT2D eigenvalue weighted by Crippen LogP contribution is 2.57. The van der Waals surface area contributed by atoms with Gasteiger partial charge in [-0.15, -0.1) is 0 Å². The Morgan fingerprint density at radius 1 is 0.649 bits per heavy atom. The molecule has 5 heteroatoms. The van der Waals surface area contributed by atoms with Crippen LogP contribution in [-0.4, -0.2) is 18.2 Å². The third-order valence-electron chi connectivity index (χ3n) is 8.37. The van der Waals surface area contributed by atoms with Crippen molar-refractivity contribution >= 4 is 5.97 Å². The van der Waals surface area contributed by atoms with Crippen LogP contribution in [0.2, 0.25) is 0 Å². The average Bonchev–Trinajstić information content (AvgIpc) is 3.22. The van der Waals surface area contributed by atoms with Crippen molar-refractivity contribution < 1.29 is 23.7 Å². The molecule has 0 aromatic heterocycles. The number of hydrogen-bond donors (Lipinski definition) is 0. The fourth-order valence-corrected chi connectivity index (χ4v) is 6.53. The molecule has 0 N–H and O–H groups in total. The third-order valence-corrected chi connectivity index (χ3v) is 8.37. The van der Waals surface area contributed by atoms with Gasteiger partial charge in [0.2, 0.25) is 0 Å². The second-order valence-electron chi connectivity index (χ2n) is 10.8. The first-order valence-electron chi connectivity index (χ1n) is 13.8. The summed E-state index contributed by atoms with van der Waals surface area (Å²) in [4.78, 5) is 13.1. The van der Waals surface area contributed by atoms with Crippen molar-refractivity contribution in [2.45, 2.75) is 82.0 Å². The first-order chi connectivity index (χ1) is 18.2. The van der Waals surface area contributed by atoms with E-state index in [0.29, 0.717) is 17.1 Å². The number of rotatable bonds is 4. The summed E-state index contributed by atoms with van der Waals surface area (Å²) in [5.41, 5.74) is 1.99. The Morgan fingerprint density at radius 2 is 1.19 bits per heavy atom. The van der Waals surface area contributed by atoms with Gasteiger partial charge in [-0.1, -0.05) is 31.0 Å². The van der Waals surface area contributed by atoms with Gasteiger partial charge < -0.3 is 18.9 Å². The standard InChI is InChI=1S/C32H32O5/c33-31-25-13-7-8-14-26(25)32(37-31)27-17-15-23(34-21-9-3-1-4-10-21)19-29(27)36-30-20-24(16-18-28(30)32)35-22-11-5-2-6-12-22/h7-8,13-22H,1-6,9-12H2. The van der Waals surface area contributed by atoms with Gasteiger partial charge in [-0.2, -0.15) is 0 Å². The van der Waals surface area contributed by atoms with Crippen molar-refractivity contribution in [1.82, 2.24) is 0 Å². The molecule has 0 unspecified atom stereocenters. The summed E-state index contributed by atoms with van der Waals surface area (Å²) in [6.07, 6.45) is 12.2. The molecule has 0 radical (unpaired) electrons. The van der Waals surface area contributed by atoms with Crippen LogP contribution in [0.4, 0.5) is 0 Å². The second kappa shape index (κ2) is 9.13. The van der Waals surface area contributed by atoms with Crippen molar-refractivity contribution in [1.29, 1.82) is 0 Å². The lowest BCUT2D eigenvalue weighted by Crippen LogP contribution is -2.33. The molecule has 0 bridgehead atoms. The van der Waals surface area contributed by atoms with Crippen molar-refractivity contribution in [3.63, 3.8) is 0 Å². The molecule has 2 fully saturated rings. The lowest BCUT2D eigenvalue weighted by Gasteiger charge is -2.37. The Kier molecular flexibility index (Phi) is 5.60. The van der Waals surface area contributed by atoms with Gasteiger partial charge in [0.25, 0.3) is 0 Å². The van der Waals surface area contributed by atoms with Gasteiger partial charge in [0.15, 0.2) is 5.60 Å². The van der Waals surface area contributed by atoms with Gasteiger partial charge in [0, 0.05) is 28.8 Å². The van der Waals surface area contributed by atoms with E-state index in [-0.39, 0.29) is 18.2 Å². The molecule has 37 heavy (non-hydrogen) atoms. The van der Waals surface area contributed by atoms with E-state index < -0.39 is 5.60 Å². The summed E-state index contributed by atoms with van der Waals surface area (Å²) in [7, 11) is 0. The first-order valence-corrected chi connectivity index (χ1v) is 13.8. The zero-order chi connectivity index (χ0) is 24.8. The fourth-order valence-electron chi connectivity index (χ4n) is 6.53. The number of esters is 1. The first kappa shape index (κ1) is 22.7. The largest absolute Gasteiger partial charge is 0.490 e. The van der Waals surface area contributed by atoms with Gasteiger partial charge in [-0.3, -0.25) is 0 Å². The summed E-state index contributed by atoms with van der Waals surface area (Å²) in [5, 5.41) is 0. The van der Waals surface area contributed by atoms with Crippen LogP contribution < -0.4 is 14.2 Å². The molecule has 3 aromatic rings. The molecule has 4 aliphatic rings. The van der Waals surface area contributed by atoms with E-state index in [1.807, 2.05) is 60.7 Å². The van der Waals surface area contributed by atoms with E-state index >= 15 is 0 Å². The van der Waals surface area contributed by atoms with E-state index in [1.54, 1.807) is 0 Å². The number of hydrogen-bond acceptors (Lipinski definition) is 5. The van der Waals surface area contributed by atoms with E-state index in [9.17, 15) is 4.79 Å². The second-order valence-corrected chi connectivity index (χ2v) is 10.8. The number of carbonyl (C=O) groups excluding carboxylic acids is 1. The van der Waals surface area contributed by atoms with Gasteiger partial charge in [-0.05, 0) is 81.7 Å². The maximum absolute atomic E-state index is 13.1. The zero-order valence-corrected chi connectivity index (χ0v) is 21.0. The van der Waals surface area contributed by atoms with Gasteiger partial charge >= 0.3 is 5.97 Å². The third kappa shape index (κ3) is 3.87. The van der Waals surface area contributed by atoms with Crippen LogP contribution in [0.5, 0.6) is 23.0 Å². The molecule has 2 saturated carbocycles. The van der Waals surface area contributed by atoms with Crippen molar-refractivity contribution in [3.8, 4) is 23.0 Å². The molecule has 0 atom stereocenters. The van der Waals surface area contributed by atoms with Gasteiger partial charge in [0.05, 0.1) is 17.8 Å². The fraction of sp³-hybridized carbons (Fsp3) is 0.406. The minimum Gasteiger partial charge on any atom is -0.490 e. The molecule has 2 aliphatic carbocycles. The average molecular weight is 497 g/mol. The monoisotopic (exact) mass is 496 g/mol. The van der Waals surface area contributed by atoms with Gasteiger partial charge in [-0.25, -0.2) is 4.79 Å². The molecule has 7 rings (SSSR count). The molecular formula is C32H32O5. The number of carbonyl (C=O) groups is 1. The summed E-state index contributed by atoms with van der Waals surface area (Å²) in [5.74, 6) is 2.56. The molecule has 2 aliphatic heterocycles. The topological polar surface area (TPSA) is 54.0 Å². The zero-order valence-electron chi connectivity index (χ0n) is 21.0. The Labute approximate surface area is 217 Å². The summed E-state index contributed by atoms with van der Waals surface area (Å²) >= 11 is 0. The Morgan fingerprint density at radius 3 is 1.76 bits per heavy atom. The quantitative estimate of drug-likeness (QED) is 0.347. The highest BCUT2D eigenvalue weighted by molar-refractivity contribution is 5.97. The molecule has 0 amide bonds. The van der Waals surface area contributed by atoms with Crippen LogP contribution in [0.25, 0.3) is 0 Å². The highest BCUT2D eigenvalue weighted by atomic mass is 16.6. The molecule has 190 valence electrons. The molecular weight excluding hydrogens is 464 g/mol. The summed E-state index contributed by atoms with van der Waals surface area (Å²) in [6.45, 7) is 0. The van der Waals surface area contributed by atoms with Crippen molar-refractivity contribution in [2.75, 3.05) is 0 Å². The number of benzene rings is 3.